The third kappa shape index (κ3) is 4.47. The molecule has 0 aliphatic rings. The van der Waals surface area contributed by atoms with Crippen LogP contribution in [0.1, 0.15) is 22.8 Å². The smallest absolute Gasteiger partial charge is 0.265 e. The van der Waals surface area contributed by atoms with Gasteiger partial charge in [0.25, 0.3) is 5.91 Å². The zero-order chi connectivity index (χ0) is 17.0. The molecule has 0 aromatic heterocycles. The minimum Gasteiger partial charge on any atom is -0.481 e. The predicted octanol–water partition coefficient (Wildman–Crippen LogP) is 3.15. The van der Waals surface area contributed by atoms with Gasteiger partial charge in [0.1, 0.15) is 5.75 Å². The van der Waals surface area contributed by atoms with Gasteiger partial charge in [0, 0.05) is 16.3 Å². The molecule has 0 spiro atoms. The molecule has 3 N–H and O–H groups in total. The number of nitrogens with two attached hydrogens (primary N) is 1. The van der Waals surface area contributed by atoms with Crippen molar-refractivity contribution in [2.24, 2.45) is 5.73 Å². The summed E-state index contributed by atoms with van der Waals surface area (Å²) in [7, 11) is 0. The molecule has 0 saturated heterocycles. The standard InChI is InChI=1S/C17H17ClN2O3/c1-10-8-14(6-7-15(10)18)23-11(2)17(22)20-13-5-3-4-12(9-13)16(19)21/h3-9,11H,1-2H3,(H2,19,21)(H,20,22). The highest BCUT2D eigenvalue weighted by atomic mass is 35.5. The zero-order valence-electron chi connectivity index (χ0n) is 12.8. The maximum atomic E-state index is 12.2. The second-order valence-corrected chi connectivity index (χ2v) is 5.51. The molecule has 23 heavy (non-hydrogen) atoms. The molecule has 1 atom stereocenters. The fourth-order valence-corrected chi connectivity index (χ4v) is 2.06. The highest BCUT2D eigenvalue weighted by Crippen LogP contribution is 2.22. The van der Waals surface area contributed by atoms with E-state index < -0.39 is 12.0 Å². The van der Waals surface area contributed by atoms with Gasteiger partial charge >= 0.3 is 0 Å². The Morgan fingerprint density at radius 1 is 1.22 bits per heavy atom. The van der Waals surface area contributed by atoms with Crippen molar-refractivity contribution in [2.45, 2.75) is 20.0 Å². The van der Waals surface area contributed by atoms with E-state index in [0.717, 1.165) is 5.56 Å². The summed E-state index contributed by atoms with van der Waals surface area (Å²) in [6, 6.07) is 11.6. The zero-order valence-corrected chi connectivity index (χ0v) is 13.6. The highest BCUT2D eigenvalue weighted by molar-refractivity contribution is 6.31. The molecule has 2 rings (SSSR count). The van der Waals surface area contributed by atoms with Crippen molar-refractivity contribution in [1.29, 1.82) is 0 Å². The Bertz CT molecular complexity index is 746. The number of hydrogen-bond donors (Lipinski definition) is 2. The molecule has 2 amide bonds. The van der Waals surface area contributed by atoms with Gasteiger partial charge in [0.2, 0.25) is 5.91 Å². The van der Waals surface area contributed by atoms with Crippen molar-refractivity contribution in [3.8, 4) is 5.75 Å². The van der Waals surface area contributed by atoms with E-state index in [9.17, 15) is 9.59 Å². The number of ether oxygens (including phenoxy) is 1. The van der Waals surface area contributed by atoms with Crippen molar-refractivity contribution >= 4 is 29.1 Å². The summed E-state index contributed by atoms with van der Waals surface area (Å²) in [5, 5.41) is 3.32. The van der Waals surface area contributed by atoms with Gasteiger partial charge in [-0.15, -0.1) is 0 Å². The molecular formula is C17H17ClN2O3. The van der Waals surface area contributed by atoms with Crippen LogP contribution >= 0.6 is 11.6 Å². The van der Waals surface area contributed by atoms with Crippen LogP contribution in [0.5, 0.6) is 5.75 Å². The van der Waals surface area contributed by atoms with Crippen LogP contribution in [-0.2, 0) is 4.79 Å². The number of benzene rings is 2. The van der Waals surface area contributed by atoms with Crippen molar-refractivity contribution in [1.82, 2.24) is 0 Å². The molecule has 0 aliphatic carbocycles. The van der Waals surface area contributed by atoms with Crippen LogP contribution in [0.15, 0.2) is 42.5 Å². The van der Waals surface area contributed by atoms with Crippen molar-refractivity contribution in [2.75, 3.05) is 5.32 Å². The van der Waals surface area contributed by atoms with E-state index in [0.29, 0.717) is 22.0 Å². The second kappa shape index (κ2) is 7.15. The molecular weight excluding hydrogens is 316 g/mol. The minimum absolute atomic E-state index is 0.324. The number of carbonyl (C=O) groups is 2. The summed E-state index contributed by atoms with van der Waals surface area (Å²) >= 11 is 5.95. The van der Waals surface area contributed by atoms with Crippen molar-refractivity contribution in [3.05, 3.63) is 58.6 Å². The van der Waals surface area contributed by atoms with Crippen molar-refractivity contribution in [3.63, 3.8) is 0 Å². The van der Waals surface area contributed by atoms with Gasteiger partial charge < -0.3 is 15.8 Å². The van der Waals surface area contributed by atoms with Crippen LogP contribution in [0.4, 0.5) is 5.69 Å². The Morgan fingerprint density at radius 3 is 2.61 bits per heavy atom. The summed E-state index contributed by atoms with van der Waals surface area (Å²) in [5.74, 6) is -0.332. The maximum Gasteiger partial charge on any atom is 0.265 e. The summed E-state index contributed by atoms with van der Waals surface area (Å²) in [6.45, 7) is 3.49. The monoisotopic (exact) mass is 332 g/mol. The van der Waals surface area contributed by atoms with Gasteiger partial charge in [-0.2, -0.15) is 0 Å². The number of aryl methyl sites for hydroxylation is 1. The molecule has 0 radical (unpaired) electrons. The summed E-state index contributed by atoms with van der Waals surface area (Å²) in [5.41, 5.74) is 6.89. The molecule has 0 bridgehead atoms. The van der Waals surface area contributed by atoms with Gasteiger partial charge in [0.15, 0.2) is 6.10 Å². The van der Waals surface area contributed by atoms with E-state index in [1.807, 2.05) is 6.92 Å². The molecule has 0 fully saturated rings. The quantitative estimate of drug-likeness (QED) is 0.882. The number of anilines is 1. The number of carbonyl (C=O) groups excluding carboxylic acids is 2. The molecule has 1 unspecified atom stereocenters. The third-order valence-corrected chi connectivity index (χ3v) is 3.65. The Morgan fingerprint density at radius 2 is 1.96 bits per heavy atom. The summed E-state index contributed by atoms with van der Waals surface area (Å²) in [4.78, 5) is 23.3. The summed E-state index contributed by atoms with van der Waals surface area (Å²) in [6.07, 6.45) is -0.715. The molecule has 2 aromatic rings. The van der Waals surface area contributed by atoms with E-state index >= 15 is 0 Å². The third-order valence-electron chi connectivity index (χ3n) is 3.23. The lowest BCUT2D eigenvalue weighted by atomic mass is 10.2. The number of halogens is 1. The van der Waals surface area contributed by atoms with E-state index in [2.05, 4.69) is 5.32 Å². The van der Waals surface area contributed by atoms with Gasteiger partial charge in [-0.05, 0) is 55.8 Å². The second-order valence-electron chi connectivity index (χ2n) is 5.11. The van der Waals surface area contributed by atoms with Crippen LogP contribution < -0.4 is 15.8 Å². The van der Waals surface area contributed by atoms with E-state index in [1.54, 1.807) is 43.3 Å². The molecule has 0 aliphatic heterocycles. The van der Waals surface area contributed by atoms with E-state index in [-0.39, 0.29) is 5.91 Å². The average Bonchev–Trinajstić information content (AvgIpc) is 2.51. The number of amides is 2. The maximum absolute atomic E-state index is 12.2. The Balaban J connectivity index is 2.03. The first-order chi connectivity index (χ1) is 10.9. The van der Waals surface area contributed by atoms with Crippen LogP contribution in [0.3, 0.4) is 0 Å². The number of hydrogen-bond acceptors (Lipinski definition) is 3. The SMILES string of the molecule is Cc1cc(OC(C)C(=O)Nc2cccc(C(N)=O)c2)ccc1Cl. The summed E-state index contributed by atoms with van der Waals surface area (Å²) < 4.78 is 5.60. The number of primary amides is 1. The van der Waals surface area contributed by atoms with Crippen LogP contribution in [0.25, 0.3) is 0 Å². The fourth-order valence-electron chi connectivity index (χ4n) is 1.94. The van der Waals surface area contributed by atoms with Crippen LogP contribution in [0.2, 0.25) is 5.02 Å². The van der Waals surface area contributed by atoms with Crippen LogP contribution in [0, 0.1) is 6.92 Å². The first kappa shape index (κ1) is 16.8. The minimum atomic E-state index is -0.715. The molecule has 6 heteroatoms. The fraction of sp³-hybridized carbons (Fsp3) is 0.176. The van der Waals surface area contributed by atoms with Crippen molar-refractivity contribution < 1.29 is 14.3 Å². The lowest BCUT2D eigenvalue weighted by Crippen LogP contribution is -2.30. The Hall–Kier alpha value is -2.53. The first-order valence-electron chi connectivity index (χ1n) is 7.00. The highest BCUT2D eigenvalue weighted by Gasteiger charge is 2.15. The lowest BCUT2D eigenvalue weighted by molar-refractivity contribution is -0.122. The van der Waals surface area contributed by atoms with Crippen LogP contribution in [-0.4, -0.2) is 17.9 Å². The normalized spacial score (nSPS) is 11.6. The van der Waals surface area contributed by atoms with Gasteiger partial charge in [-0.1, -0.05) is 17.7 Å². The van der Waals surface area contributed by atoms with Gasteiger partial charge in [-0.3, -0.25) is 9.59 Å². The van der Waals surface area contributed by atoms with E-state index in [4.69, 9.17) is 22.1 Å². The molecule has 0 saturated carbocycles. The van der Waals surface area contributed by atoms with E-state index in [1.165, 1.54) is 6.07 Å². The van der Waals surface area contributed by atoms with Gasteiger partial charge in [-0.25, -0.2) is 0 Å². The Labute approximate surface area is 139 Å². The number of nitrogens with one attached hydrogen (secondary N) is 1. The average molecular weight is 333 g/mol. The number of rotatable bonds is 5. The largest absolute Gasteiger partial charge is 0.481 e. The first-order valence-corrected chi connectivity index (χ1v) is 7.38. The topological polar surface area (TPSA) is 81.4 Å². The molecule has 2 aromatic carbocycles. The lowest BCUT2D eigenvalue weighted by Gasteiger charge is -2.15. The Kier molecular flexibility index (Phi) is 5.24. The molecule has 120 valence electrons. The van der Waals surface area contributed by atoms with Gasteiger partial charge in [0.05, 0.1) is 0 Å². The predicted molar refractivity (Wildman–Crippen MR) is 89.9 cm³/mol. The molecule has 5 nitrogen and oxygen atoms in total. The molecule has 0 heterocycles.